The van der Waals surface area contributed by atoms with Crippen molar-refractivity contribution in [3.63, 3.8) is 0 Å². The van der Waals surface area contributed by atoms with Gasteiger partial charge in [-0.1, -0.05) is 0 Å². The number of halogens is 2. The van der Waals surface area contributed by atoms with E-state index in [-0.39, 0.29) is 35.9 Å². The van der Waals surface area contributed by atoms with Crippen molar-refractivity contribution in [3.05, 3.63) is 59.5 Å². The van der Waals surface area contributed by atoms with Gasteiger partial charge in [-0.25, -0.2) is 23.4 Å². The van der Waals surface area contributed by atoms with Crippen molar-refractivity contribution in [2.45, 2.75) is 44.6 Å². The second-order valence-electron chi connectivity index (χ2n) is 8.13. The van der Waals surface area contributed by atoms with Crippen LogP contribution in [0.5, 0.6) is 0 Å². The zero-order valence-corrected chi connectivity index (χ0v) is 17.1. The van der Waals surface area contributed by atoms with Gasteiger partial charge in [0.25, 0.3) is 12.3 Å². The molecule has 1 unspecified atom stereocenters. The molecule has 0 fully saturated rings. The summed E-state index contributed by atoms with van der Waals surface area (Å²) in [5, 5.41) is 4.24. The topological polar surface area (TPSA) is 91.1 Å². The molecule has 0 saturated heterocycles. The molecule has 3 aromatic heterocycles. The zero-order chi connectivity index (χ0) is 22.0. The molecule has 0 aliphatic carbocycles. The summed E-state index contributed by atoms with van der Waals surface area (Å²) < 4.78 is 35.8. The van der Waals surface area contributed by atoms with Crippen LogP contribution in [-0.2, 0) is 6.42 Å². The molecule has 2 aliphatic heterocycles. The van der Waals surface area contributed by atoms with Gasteiger partial charge in [0.15, 0.2) is 11.5 Å². The normalized spacial score (nSPS) is 19.9. The minimum absolute atomic E-state index is 0.0670. The molecule has 8 nitrogen and oxygen atoms in total. The fourth-order valence-electron chi connectivity index (χ4n) is 4.86. The molecule has 2 aliphatic rings. The van der Waals surface area contributed by atoms with Gasteiger partial charge < -0.3 is 4.42 Å². The molecule has 0 amide bonds. The summed E-state index contributed by atoms with van der Waals surface area (Å²) >= 11 is 0. The molecule has 2 atom stereocenters. The highest BCUT2D eigenvalue weighted by Gasteiger charge is 2.38. The number of nitrogens with zero attached hydrogens (tertiary/aromatic N) is 6. The molecular formula is C22H18F2N6O2. The number of aryl methyl sites for hydroxylation is 2. The van der Waals surface area contributed by atoms with Crippen LogP contribution in [0.4, 0.5) is 14.7 Å². The maximum atomic E-state index is 13.5. The maximum Gasteiger partial charge on any atom is 0.276 e. The van der Waals surface area contributed by atoms with E-state index in [1.807, 2.05) is 12.1 Å². The predicted octanol–water partition coefficient (Wildman–Crippen LogP) is 4.23. The van der Waals surface area contributed by atoms with Crippen molar-refractivity contribution < 1.29 is 18.0 Å². The van der Waals surface area contributed by atoms with Gasteiger partial charge in [-0.2, -0.15) is 10.1 Å². The average Bonchev–Trinajstić information content (AvgIpc) is 3.47. The third-order valence-corrected chi connectivity index (χ3v) is 6.27. The van der Waals surface area contributed by atoms with Gasteiger partial charge in [-0.3, -0.25) is 9.36 Å². The van der Waals surface area contributed by atoms with Crippen LogP contribution in [0.1, 0.15) is 52.4 Å². The Hall–Kier alpha value is -3.69. The van der Waals surface area contributed by atoms with E-state index in [0.29, 0.717) is 29.0 Å². The first-order valence-corrected chi connectivity index (χ1v) is 10.4. The van der Waals surface area contributed by atoms with Crippen LogP contribution >= 0.6 is 0 Å². The lowest BCUT2D eigenvalue weighted by Crippen LogP contribution is -2.32. The fraction of sp³-hybridized carbons (Fsp3) is 0.318. The van der Waals surface area contributed by atoms with Gasteiger partial charge in [-0.15, -0.1) is 0 Å². The highest BCUT2D eigenvalue weighted by Crippen LogP contribution is 2.43. The van der Waals surface area contributed by atoms with E-state index in [9.17, 15) is 13.6 Å². The van der Waals surface area contributed by atoms with E-state index in [4.69, 9.17) is 4.42 Å². The maximum absolute atomic E-state index is 13.5. The van der Waals surface area contributed by atoms with E-state index in [1.54, 1.807) is 34.4 Å². The summed E-state index contributed by atoms with van der Waals surface area (Å²) in [7, 11) is 0. The number of rotatable bonds is 3. The molecule has 1 aromatic carbocycles. The summed E-state index contributed by atoms with van der Waals surface area (Å²) in [6.45, 7) is 1.76. The molecule has 0 N–H and O–H groups in total. The van der Waals surface area contributed by atoms with Gasteiger partial charge in [-0.05, 0) is 43.2 Å². The van der Waals surface area contributed by atoms with Crippen molar-refractivity contribution in [2.75, 3.05) is 0 Å². The number of benzene rings is 1. The van der Waals surface area contributed by atoms with Crippen molar-refractivity contribution in [3.8, 4) is 0 Å². The highest BCUT2D eigenvalue weighted by molar-refractivity contribution is 5.99. The summed E-state index contributed by atoms with van der Waals surface area (Å²) in [6.07, 6.45) is 0.117. The number of oxazole rings is 1. The molecule has 2 bridgehead atoms. The van der Waals surface area contributed by atoms with E-state index >= 15 is 0 Å². The second-order valence-corrected chi connectivity index (χ2v) is 8.13. The average molecular weight is 436 g/mol. The third-order valence-electron chi connectivity index (χ3n) is 6.27. The number of carbonyl (C=O) groups excluding carboxylic acids is 1. The van der Waals surface area contributed by atoms with Crippen LogP contribution in [-0.4, -0.2) is 42.4 Å². The van der Waals surface area contributed by atoms with Crippen LogP contribution in [0.2, 0.25) is 0 Å². The summed E-state index contributed by atoms with van der Waals surface area (Å²) in [4.78, 5) is 25.8. The lowest BCUT2D eigenvalue weighted by atomic mass is 9.86. The fourth-order valence-corrected chi connectivity index (χ4v) is 4.86. The monoisotopic (exact) mass is 436 g/mol. The molecule has 5 heterocycles. The number of aliphatic imine (C=N–C) groups is 1. The standard InChI is InChI=1S/C22H18F2N6O2/c1-11-27-15-8-12(2-7-19(15)32-11)21(31)29-13-3-5-14(17(29)6-4-13)18-9-16(20(23)24)28-22-25-10-26-30(18)22/h2,4,6-8,10,14,18,20H,3,5,9H2,1H3/t14-,18?/m0/s1. The molecule has 10 heteroatoms. The van der Waals surface area contributed by atoms with E-state index in [2.05, 4.69) is 20.1 Å². The highest BCUT2D eigenvalue weighted by atomic mass is 19.3. The Morgan fingerprint density at radius 3 is 2.97 bits per heavy atom. The number of alkyl halides is 2. The quantitative estimate of drug-likeness (QED) is 0.479. The van der Waals surface area contributed by atoms with Crippen LogP contribution in [0.15, 0.2) is 46.1 Å². The van der Waals surface area contributed by atoms with Crippen molar-refractivity contribution in [2.24, 2.45) is 4.99 Å². The first kappa shape index (κ1) is 19.0. The number of hydrogen-bond donors (Lipinski definition) is 0. The lowest BCUT2D eigenvalue weighted by molar-refractivity contribution is 0.0946. The molecule has 32 heavy (non-hydrogen) atoms. The Morgan fingerprint density at radius 2 is 2.12 bits per heavy atom. The lowest BCUT2D eigenvalue weighted by Gasteiger charge is -2.33. The van der Waals surface area contributed by atoms with Gasteiger partial charge >= 0.3 is 0 Å². The smallest absolute Gasteiger partial charge is 0.276 e. The SMILES string of the molecule is Cc1nc2cc(C(=O)n3c4ccc3[C@@H](C3CC(C(F)F)=Nc5ncnn53)CC4)ccc2o1. The first-order chi connectivity index (χ1) is 15.5. The zero-order valence-electron chi connectivity index (χ0n) is 17.1. The molecule has 0 radical (unpaired) electrons. The molecular weight excluding hydrogens is 418 g/mol. The minimum Gasteiger partial charge on any atom is -0.441 e. The van der Waals surface area contributed by atoms with Crippen LogP contribution in [0, 0.1) is 6.92 Å². The van der Waals surface area contributed by atoms with Crippen molar-refractivity contribution in [1.29, 1.82) is 0 Å². The van der Waals surface area contributed by atoms with Gasteiger partial charge in [0, 0.05) is 36.2 Å². The van der Waals surface area contributed by atoms with Crippen molar-refractivity contribution in [1.82, 2.24) is 24.3 Å². The Balaban J connectivity index is 1.40. The van der Waals surface area contributed by atoms with Crippen LogP contribution < -0.4 is 0 Å². The summed E-state index contributed by atoms with van der Waals surface area (Å²) in [5.74, 6) is 0.359. The largest absolute Gasteiger partial charge is 0.441 e. The van der Waals surface area contributed by atoms with Crippen LogP contribution in [0.25, 0.3) is 11.1 Å². The van der Waals surface area contributed by atoms with Crippen molar-refractivity contribution >= 4 is 28.7 Å². The summed E-state index contributed by atoms with van der Waals surface area (Å²) in [6, 6.07) is 8.63. The molecule has 4 aromatic rings. The molecule has 0 spiro atoms. The molecule has 6 rings (SSSR count). The second kappa shape index (κ2) is 6.91. The Kier molecular flexibility index (Phi) is 4.11. The predicted molar refractivity (Wildman–Crippen MR) is 111 cm³/mol. The third kappa shape index (κ3) is 2.82. The van der Waals surface area contributed by atoms with Gasteiger partial charge in [0.05, 0.1) is 11.8 Å². The van der Waals surface area contributed by atoms with Crippen LogP contribution in [0.3, 0.4) is 0 Å². The first-order valence-electron chi connectivity index (χ1n) is 10.4. The van der Waals surface area contributed by atoms with Gasteiger partial charge in [0.1, 0.15) is 11.8 Å². The van der Waals surface area contributed by atoms with E-state index in [1.165, 1.54) is 6.33 Å². The van der Waals surface area contributed by atoms with E-state index < -0.39 is 6.43 Å². The molecule has 0 saturated carbocycles. The Morgan fingerprint density at radius 1 is 1.25 bits per heavy atom. The minimum atomic E-state index is -2.66. The molecule has 162 valence electrons. The van der Waals surface area contributed by atoms with E-state index in [0.717, 1.165) is 17.8 Å². The Bertz CT molecular complexity index is 1400. The number of fused-ring (bicyclic) bond motifs is 4. The Labute approximate surface area is 180 Å². The van der Waals surface area contributed by atoms with Gasteiger partial charge in [0.2, 0.25) is 5.95 Å². The number of aromatic nitrogens is 5. The number of carbonyl (C=O) groups is 1. The summed E-state index contributed by atoms with van der Waals surface area (Å²) in [5.41, 5.74) is 3.22. The number of hydrogen-bond acceptors (Lipinski definition) is 6.